The van der Waals surface area contributed by atoms with E-state index in [0.717, 1.165) is 18.2 Å². The van der Waals surface area contributed by atoms with Gasteiger partial charge in [-0.15, -0.1) is 0 Å². The topological polar surface area (TPSA) is 0 Å². The molecule has 0 unspecified atom stereocenters. The molecule has 0 spiro atoms. The fourth-order valence-electron chi connectivity index (χ4n) is 0.894. The lowest BCUT2D eigenvalue weighted by atomic mass is 10.1. The van der Waals surface area contributed by atoms with Crippen molar-refractivity contribution in [1.82, 2.24) is 0 Å². The molecule has 0 radical (unpaired) electrons. The Morgan fingerprint density at radius 3 is 2.00 bits per heavy atom. The van der Waals surface area contributed by atoms with Gasteiger partial charge in [-0.2, -0.15) is 17.6 Å². The predicted octanol–water partition coefficient (Wildman–Crippen LogP) is 4.37. The molecule has 0 nitrogen and oxygen atoms in total. The van der Waals surface area contributed by atoms with Crippen molar-refractivity contribution < 1.29 is 17.6 Å². The highest BCUT2D eigenvalue weighted by atomic mass is 79.9. The number of hydrogen-bond acceptors (Lipinski definition) is 0. The van der Waals surface area contributed by atoms with Crippen LogP contribution in [0.1, 0.15) is 11.1 Å². The van der Waals surface area contributed by atoms with Crippen LogP contribution in [-0.4, -0.2) is 0 Å². The Morgan fingerprint density at radius 2 is 1.64 bits per heavy atom. The molecule has 0 saturated carbocycles. The molecule has 0 bridgehead atoms. The first kappa shape index (κ1) is 11.2. The number of hydrogen-bond donors (Lipinski definition) is 0. The molecule has 0 saturated heterocycles. The van der Waals surface area contributed by atoms with Crippen molar-refractivity contribution in [3.8, 4) is 0 Å². The van der Waals surface area contributed by atoms with Gasteiger partial charge in [0.05, 0.1) is 5.56 Å². The monoisotopic (exact) mass is 268 g/mol. The maximum Gasteiger partial charge on any atom is 0.416 e. The third kappa shape index (κ3) is 3.14. The molecule has 76 valence electrons. The van der Waals surface area contributed by atoms with Crippen LogP contribution in [0.2, 0.25) is 0 Å². The first-order valence-corrected chi connectivity index (χ1v) is 4.39. The summed E-state index contributed by atoms with van der Waals surface area (Å²) in [6.45, 7) is 0. The van der Waals surface area contributed by atoms with E-state index in [9.17, 15) is 17.6 Å². The van der Waals surface area contributed by atoms with E-state index >= 15 is 0 Å². The van der Waals surface area contributed by atoms with Crippen molar-refractivity contribution in [2.75, 3.05) is 0 Å². The SMILES string of the molecule is FC(Br)=Cc1ccc(C(F)(F)F)cc1. The van der Waals surface area contributed by atoms with Crippen molar-refractivity contribution in [2.24, 2.45) is 0 Å². The van der Waals surface area contributed by atoms with E-state index < -0.39 is 16.5 Å². The van der Waals surface area contributed by atoms with Gasteiger partial charge in [0.2, 0.25) is 0 Å². The van der Waals surface area contributed by atoms with Crippen molar-refractivity contribution in [3.05, 3.63) is 40.1 Å². The molecule has 1 aromatic carbocycles. The highest BCUT2D eigenvalue weighted by molar-refractivity contribution is 9.11. The first-order valence-electron chi connectivity index (χ1n) is 3.59. The fourth-order valence-corrected chi connectivity index (χ4v) is 1.16. The lowest BCUT2D eigenvalue weighted by molar-refractivity contribution is -0.137. The zero-order valence-electron chi connectivity index (χ0n) is 6.78. The molecule has 0 heterocycles. The first-order chi connectivity index (χ1) is 6.39. The molecule has 0 aliphatic carbocycles. The van der Waals surface area contributed by atoms with E-state index in [2.05, 4.69) is 15.9 Å². The highest BCUT2D eigenvalue weighted by Gasteiger charge is 2.29. The molecular formula is C9H5BrF4. The molecule has 14 heavy (non-hydrogen) atoms. The molecule has 0 amide bonds. The minimum absolute atomic E-state index is 0.368. The van der Waals surface area contributed by atoms with Crippen LogP contribution in [0.5, 0.6) is 0 Å². The molecule has 0 N–H and O–H groups in total. The lowest BCUT2D eigenvalue weighted by Crippen LogP contribution is -2.03. The summed E-state index contributed by atoms with van der Waals surface area (Å²) >= 11 is 2.54. The lowest BCUT2D eigenvalue weighted by Gasteiger charge is -2.05. The Morgan fingerprint density at radius 1 is 1.14 bits per heavy atom. The third-order valence-corrected chi connectivity index (χ3v) is 1.74. The van der Waals surface area contributed by atoms with Gasteiger partial charge in [0.1, 0.15) is 0 Å². The van der Waals surface area contributed by atoms with E-state index in [0.29, 0.717) is 5.56 Å². The third-order valence-electron chi connectivity index (χ3n) is 1.51. The zero-order valence-corrected chi connectivity index (χ0v) is 8.36. The van der Waals surface area contributed by atoms with Crippen LogP contribution in [0, 0.1) is 0 Å². The molecule has 5 heteroatoms. The molecule has 1 aromatic rings. The average molecular weight is 269 g/mol. The van der Waals surface area contributed by atoms with Crippen LogP contribution in [-0.2, 0) is 6.18 Å². The van der Waals surface area contributed by atoms with Crippen LogP contribution in [0.3, 0.4) is 0 Å². The van der Waals surface area contributed by atoms with Gasteiger partial charge >= 0.3 is 6.18 Å². The van der Waals surface area contributed by atoms with Gasteiger partial charge in [-0.3, -0.25) is 0 Å². The Hall–Kier alpha value is -0.840. The molecule has 0 aliphatic rings. The Kier molecular flexibility index (Phi) is 3.31. The van der Waals surface area contributed by atoms with Crippen LogP contribution >= 0.6 is 15.9 Å². The van der Waals surface area contributed by atoms with Crippen LogP contribution in [0.4, 0.5) is 17.6 Å². The smallest absolute Gasteiger partial charge is 0.199 e. The molecule has 0 aliphatic heterocycles. The summed E-state index contributed by atoms with van der Waals surface area (Å²) < 4.78 is 47.9. The zero-order chi connectivity index (χ0) is 10.8. The molecule has 1 rings (SSSR count). The molecule has 0 atom stereocenters. The number of halogens is 5. The van der Waals surface area contributed by atoms with Gasteiger partial charge in [-0.05, 0) is 39.7 Å². The maximum absolute atomic E-state index is 12.3. The molecular weight excluding hydrogens is 264 g/mol. The Balaban J connectivity index is 2.95. The second-order valence-electron chi connectivity index (χ2n) is 2.55. The predicted molar refractivity (Wildman–Crippen MR) is 49.5 cm³/mol. The van der Waals surface area contributed by atoms with E-state index in [1.807, 2.05) is 0 Å². The molecule has 0 fully saturated rings. The number of benzene rings is 1. The Bertz CT molecular complexity index is 333. The summed E-state index contributed by atoms with van der Waals surface area (Å²) in [4.78, 5) is 0. The van der Waals surface area contributed by atoms with Gasteiger partial charge in [0.25, 0.3) is 0 Å². The van der Waals surface area contributed by atoms with Crippen LogP contribution < -0.4 is 0 Å². The van der Waals surface area contributed by atoms with Gasteiger partial charge in [0.15, 0.2) is 4.74 Å². The fraction of sp³-hybridized carbons (Fsp3) is 0.111. The van der Waals surface area contributed by atoms with Gasteiger partial charge in [-0.1, -0.05) is 12.1 Å². The molecule has 0 aromatic heterocycles. The van der Waals surface area contributed by atoms with Crippen molar-refractivity contribution in [3.63, 3.8) is 0 Å². The second-order valence-corrected chi connectivity index (χ2v) is 3.31. The van der Waals surface area contributed by atoms with Gasteiger partial charge in [-0.25, -0.2) is 0 Å². The number of alkyl halides is 3. The minimum atomic E-state index is -4.35. The largest absolute Gasteiger partial charge is 0.416 e. The highest BCUT2D eigenvalue weighted by Crippen LogP contribution is 2.29. The summed E-state index contributed by atoms with van der Waals surface area (Å²) in [5.41, 5.74) is -0.378. The van der Waals surface area contributed by atoms with E-state index in [4.69, 9.17) is 0 Å². The van der Waals surface area contributed by atoms with E-state index in [1.54, 1.807) is 0 Å². The minimum Gasteiger partial charge on any atom is -0.199 e. The van der Waals surface area contributed by atoms with E-state index in [-0.39, 0.29) is 0 Å². The normalized spacial score (nSPS) is 13.1. The average Bonchev–Trinajstić information content (AvgIpc) is 2.02. The van der Waals surface area contributed by atoms with E-state index in [1.165, 1.54) is 12.1 Å². The van der Waals surface area contributed by atoms with Crippen molar-refractivity contribution in [1.29, 1.82) is 0 Å². The van der Waals surface area contributed by atoms with Crippen LogP contribution in [0.15, 0.2) is 29.0 Å². The summed E-state index contributed by atoms with van der Waals surface area (Å²) in [6.07, 6.45) is -3.27. The summed E-state index contributed by atoms with van der Waals surface area (Å²) in [6, 6.07) is 4.21. The Labute approximate surface area is 86.4 Å². The van der Waals surface area contributed by atoms with Crippen molar-refractivity contribution in [2.45, 2.75) is 6.18 Å². The second kappa shape index (κ2) is 4.13. The summed E-state index contributed by atoms with van der Waals surface area (Å²) in [5.74, 6) is 0. The maximum atomic E-state index is 12.3. The summed E-state index contributed by atoms with van der Waals surface area (Å²) in [5, 5.41) is 0. The van der Waals surface area contributed by atoms with Crippen molar-refractivity contribution >= 4 is 22.0 Å². The quantitative estimate of drug-likeness (QED) is 0.664. The van der Waals surface area contributed by atoms with Crippen LogP contribution in [0.25, 0.3) is 6.08 Å². The summed E-state index contributed by atoms with van der Waals surface area (Å²) in [7, 11) is 0. The number of rotatable bonds is 1. The standard InChI is InChI=1S/C9H5BrF4/c10-8(11)5-6-1-3-7(4-2-6)9(12,13)14/h1-5H. The van der Waals surface area contributed by atoms with Gasteiger partial charge in [0, 0.05) is 0 Å². The van der Waals surface area contributed by atoms with Gasteiger partial charge < -0.3 is 0 Å².